The smallest absolute Gasteiger partial charge is 0.305 e. The Hall–Kier alpha value is -1.43. The molecule has 0 saturated heterocycles. The fourth-order valence-corrected chi connectivity index (χ4v) is 2.48. The summed E-state index contributed by atoms with van der Waals surface area (Å²) >= 11 is 0. The summed E-state index contributed by atoms with van der Waals surface area (Å²) in [5.41, 5.74) is 3.68. The van der Waals surface area contributed by atoms with Crippen LogP contribution in [0.1, 0.15) is 36.5 Å². The molecule has 0 saturated carbocycles. The molecule has 0 spiro atoms. The van der Waals surface area contributed by atoms with Crippen LogP contribution in [-0.4, -0.2) is 55.5 Å². The maximum Gasteiger partial charge on any atom is 0.305 e. The van der Waals surface area contributed by atoms with E-state index in [4.69, 9.17) is 9.47 Å². The van der Waals surface area contributed by atoms with Gasteiger partial charge in [-0.3, -0.25) is 9.69 Å². The summed E-state index contributed by atoms with van der Waals surface area (Å²) in [7, 11) is 1.67. The average Bonchev–Trinajstić information content (AvgIpc) is 2.54. The van der Waals surface area contributed by atoms with Gasteiger partial charge in [-0.2, -0.15) is 0 Å². The maximum absolute atomic E-state index is 11.4. The van der Waals surface area contributed by atoms with Gasteiger partial charge in [0.15, 0.2) is 0 Å². The van der Waals surface area contributed by atoms with Crippen molar-refractivity contribution in [2.45, 2.75) is 46.3 Å². The second-order valence-electron chi connectivity index (χ2n) is 6.24. The molecular weight excluding hydrogens is 306 g/mol. The van der Waals surface area contributed by atoms with Crippen LogP contribution in [0.5, 0.6) is 0 Å². The number of ether oxygens (including phenoxy) is 2. The molecule has 1 unspecified atom stereocenters. The summed E-state index contributed by atoms with van der Waals surface area (Å²) in [6, 6.07) is 6.38. The van der Waals surface area contributed by atoms with Gasteiger partial charge < -0.3 is 14.6 Å². The van der Waals surface area contributed by atoms with Crippen LogP contribution in [0.2, 0.25) is 0 Å². The van der Waals surface area contributed by atoms with Gasteiger partial charge in [-0.05, 0) is 31.4 Å². The molecule has 1 rings (SSSR count). The second kappa shape index (κ2) is 11.2. The third-order valence-corrected chi connectivity index (χ3v) is 3.87. The van der Waals surface area contributed by atoms with Crippen molar-refractivity contribution in [3.8, 4) is 0 Å². The molecular formula is C19H31NO4. The lowest BCUT2D eigenvalue weighted by Crippen LogP contribution is -2.37. The first kappa shape index (κ1) is 20.6. The van der Waals surface area contributed by atoms with Crippen LogP contribution >= 0.6 is 0 Å². The van der Waals surface area contributed by atoms with Crippen molar-refractivity contribution in [3.05, 3.63) is 34.9 Å². The summed E-state index contributed by atoms with van der Waals surface area (Å²) in [4.78, 5) is 13.5. The van der Waals surface area contributed by atoms with E-state index in [1.54, 1.807) is 7.11 Å². The fourth-order valence-electron chi connectivity index (χ4n) is 2.48. The van der Waals surface area contributed by atoms with Crippen molar-refractivity contribution < 1.29 is 19.4 Å². The lowest BCUT2D eigenvalue weighted by molar-refractivity contribution is -0.147. The predicted octanol–water partition coefficient (Wildman–Crippen LogP) is 2.46. The molecule has 0 radical (unpaired) electrons. The predicted molar refractivity (Wildman–Crippen MR) is 94.9 cm³/mol. The minimum Gasteiger partial charge on any atom is -0.463 e. The summed E-state index contributed by atoms with van der Waals surface area (Å²) < 4.78 is 10.3. The first-order valence-corrected chi connectivity index (χ1v) is 8.57. The first-order valence-electron chi connectivity index (χ1n) is 8.57. The van der Waals surface area contributed by atoms with Gasteiger partial charge in [0.2, 0.25) is 0 Å². The van der Waals surface area contributed by atoms with E-state index in [2.05, 4.69) is 36.9 Å². The van der Waals surface area contributed by atoms with E-state index in [0.717, 1.165) is 13.0 Å². The van der Waals surface area contributed by atoms with E-state index in [0.29, 0.717) is 26.1 Å². The van der Waals surface area contributed by atoms with Crippen LogP contribution in [0, 0.1) is 13.8 Å². The second-order valence-corrected chi connectivity index (χ2v) is 6.24. The van der Waals surface area contributed by atoms with Crippen LogP contribution in [0.15, 0.2) is 18.2 Å². The third-order valence-electron chi connectivity index (χ3n) is 3.87. The lowest BCUT2D eigenvalue weighted by Gasteiger charge is -2.25. The molecule has 0 aromatic heterocycles. The molecule has 0 aliphatic rings. The Morgan fingerprint density at radius 2 is 2.08 bits per heavy atom. The highest BCUT2D eigenvalue weighted by molar-refractivity contribution is 5.69. The normalized spacial score (nSPS) is 12.4. The van der Waals surface area contributed by atoms with Gasteiger partial charge in [-0.15, -0.1) is 0 Å². The van der Waals surface area contributed by atoms with E-state index in [1.165, 1.54) is 16.7 Å². The van der Waals surface area contributed by atoms with Crippen molar-refractivity contribution in [1.82, 2.24) is 4.90 Å². The highest BCUT2D eigenvalue weighted by Crippen LogP contribution is 2.14. The number of benzene rings is 1. The van der Waals surface area contributed by atoms with E-state index < -0.39 is 6.10 Å². The lowest BCUT2D eigenvalue weighted by atomic mass is 10.1. The van der Waals surface area contributed by atoms with Gasteiger partial charge >= 0.3 is 5.97 Å². The number of esters is 1. The van der Waals surface area contributed by atoms with E-state index >= 15 is 0 Å². The largest absolute Gasteiger partial charge is 0.463 e. The Morgan fingerprint density at radius 3 is 2.75 bits per heavy atom. The molecule has 1 aromatic rings. The Bertz CT molecular complexity index is 504. The number of nitrogens with zero attached hydrogens (tertiary/aromatic N) is 1. The summed E-state index contributed by atoms with van der Waals surface area (Å²) in [5, 5.41) is 10.2. The molecule has 0 aliphatic heterocycles. The Morgan fingerprint density at radius 1 is 1.33 bits per heavy atom. The first-order chi connectivity index (χ1) is 11.5. The third kappa shape index (κ3) is 7.90. The number of aryl methyl sites for hydroxylation is 2. The van der Waals surface area contributed by atoms with Gasteiger partial charge in [0.05, 0.1) is 6.61 Å². The van der Waals surface area contributed by atoms with Crippen molar-refractivity contribution >= 4 is 5.97 Å². The molecule has 0 heterocycles. The van der Waals surface area contributed by atoms with Gasteiger partial charge in [-0.1, -0.05) is 30.7 Å². The monoisotopic (exact) mass is 337 g/mol. The summed E-state index contributed by atoms with van der Waals surface area (Å²) in [6.07, 6.45) is 0.442. The zero-order chi connectivity index (χ0) is 17.9. The highest BCUT2D eigenvalue weighted by Gasteiger charge is 2.15. The summed E-state index contributed by atoms with van der Waals surface area (Å²) in [5.74, 6) is -0.255. The number of aliphatic hydroxyl groups is 1. The van der Waals surface area contributed by atoms with Crippen molar-refractivity contribution in [2.75, 3.05) is 33.4 Å². The topological polar surface area (TPSA) is 59.0 Å². The number of aliphatic hydroxyl groups excluding tert-OH is 1. The van der Waals surface area contributed by atoms with Crippen LogP contribution in [-0.2, 0) is 20.8 Å². The molecule has 5 heteroatoms. The Labute approximate surface area is 145 Å². The minimum atomic E-state index is -0.701. The zero-order valence-electron chi connectivity index (χ0n) is 15.4. The number of methoxy groups -OCH3 is 1. The van der Waals surface area contributed by atoms with Crippen LogP contribution < -0.4 is 0 Å². The van der Waals surface area contributed by atoms with Gasteiger partial charge in [0, 0.05) is 33.2 Å². The van der Waals surface area contributed by atoms with Crippen LogP contribution in [0.3, 0.4) is 0 Å². The number of hydrogen-bond donors (Lipinski definition) is 1. The highest BCUT2D eigenvalue weighted by atomic mass is 16.5. The molecule has 0 aliphatic carbocycles. The summed E-state index contributed by atoms with van der Waals surface area (Å²) in [6.45, 7) is 8.60. The quantitative estimate of drug-likeness (QED) is 0.629. The number of carbonyl (C=O) groups is 1. The van der Waals surface area contributed by atoms with E-state index in [1.807, 2.05) is 6.92 Å². The Balaban J connectivity index is 2.60. The standard InChI is InChI=1S/C19H31NO4/c1-5-6-19(22)24-14-18(21)13-20(9-10-23-4)12-17-11-15(2)7-8-16(17)3/h7-8,11,18,21H,5-6,9-10,12-14H2,1-4H3. The van der Waals surface area contributed by atoms with Gasteiger partial charge in [0.1, 0.15) is 12.7 Å². The molecule has 0 bridgehead atoms. The average molecular weight is 337 g/mol. The number of hydrogen-bond acceptors (Lipinski definition) is 5. The molecule has 24 heavy (non-hydrogen) atoms. The molecule has 1 atom stereocenters. The molecule has 136 valence electrons. The Kier molecular flexibility index (Phi) is 9.60. The minimum absolute atomic E-state index is 0.0368. The number of carbonyl (C=O) groups excluding carboxylic acids is 1. The molecule has 1 N–H and O–H groups in total. The molecule has 5 nitrogen and oxygen atoms in total. The molecule has 0 fully saturated rings. The number of rotatable bonds is 11. The van der Waals surface area contributed by atoms with Crippen LogP contribution in [0.4, 0.5) is 0 Å². The van der Waals surface area contributed by atoms with Gasteiger partial charge in [0.25, 0.3) is 0 Å². The maximum atomic E-state index is 11.4. The van der Waals surface area contributed by atoms with Crippen molar-refractivity contribution in [3.63, 3.8) is 0 Å². The molecule has 0 amide bonds. The SMILES string of the molecule is CCCC(=O)OCC(O)CN(CCOC)Cc1cc(C)ccc1C. The van der Waals surface area contributed by atoms with E-state index in [9.17, 15) is 9.90 Å². The van der Waals surface area contributed by atoms with Crippen molar-refractivity contribution in [1.29, 1.82) is 0 Å². The molecule has 1 aromatic carbocycles. The van der Waals surface area contributed by atoms with Crippen molar-refractivity contribution in [2.24, 2.45) is 0 Å². The van der Waals surface area contributed by atoms with E-state index in [-0.39, 0.29) is 12.6 Å². The van der Waals surface area contributed by atoms with Gasteiger partial charge in [-0.25, -0.2) is 0 Å². The van der Waals surface area contributed by atoms with Crippen LogP contribution in [0.25, 0.3) is 0 Å². The fraction of sp³-hybridized carbons (Fsp3) is 0.632. The zero-order valence-corrected chi connectivity index (χ0v) is 15.4.